The van der Waals surface area contributed by atoms with E-state index >= 15 is 0 Å². The van der Waals surface area contributed by atoms with Crippen molar-refractivity contribution >= 4 is 5.97 Å². The van der Waals surface area contributed by atoms with Gasteiger partial charge in [-0.05, 0) is 60.0 Å². The number of unbranched alkanes of at least 4 members (excludes halogenated alkanes) is 1. The van der Waals surface area contributed by atoms with Gasteiger partial charge in [0.05, 0.1) is 11.5 Å². The molecule has 0 rings (SSSR count). The highest BCUT2D eigenvalue weighted by atomic mass is 16.4. The molecule has 110 valence electrons. The van der Waals surface area contributed by atoms with Gasteiger partial charge in [-0.1, -0.05) is 6.42 Å². The molecule has 0 amide bonds. The molecule has 0 saturated carbocycles. The molecule has 0 spiro atoms. The molecule has 19 heavy (non-hydrogen) atoms. The quantitative estimate of drug-likeness (QED) is 0.617. The number of aliphatic carboxylic acids is 1. The summed E-state index contributed by atoms with van der Waals surface area (Å²) in [4.78, 5) is 12.8. The van der Waals surface area contributed by atoms with E-state index in [9.17, 15) is 4.79 Å². The van der Waals surface area contributed by atoms with Crippen molar-refractivity contribution in [3.8, 4) is 6.07 Å². The highest BCUT2D eigenvalue weighted by molar-refractivity contribution is 5.66. The fourth-order valence-electron chi connectivity index (χ4n) is 2.00. The molecule has 0 aliphatic heterocycles. The van der Waals surface area contributed by atoms with Gasteiger partial charge in [0.15, 0.2) is 0 Å². The van der Waals surface area contributed by atoms with Crippen LogP contribution in [-0.4, -0.2) is 35.1 Å². The topological polar surface area (TPSA) is 64.3 Å². The molecular weight excluding hydrogens is 240 g/mol. The first-order valence-corrected chi connectivity index (χ1v) is 7.15. The second kappa shape index (κ2) is 8.92. The van der Waals surface area contributed by atoms with E-state index in [1.54, 1.807) is 0 Å². The summed E-state index contributed by atoms with van der Waals surface area (Å²) in [5, 5.41) is 17.6. The molecule has 0 aliphatic carbocycles. The maximum absolute atomic E-state index is 10.5. The minimum Gasteiger partial charge on any atom is -0.481 e. The Morgan fingerprint density at radius 1 is 1.26 bits per heavy atom. The Morgan fingerprint density at radius 3 is 2.32 bits per heavy atom. The van der Waals surface area contributed by atoms with E-state index in [1.807, 2.05) is 13.8 Å². The molecule has 0 unspecified atom stereocenters. The standard InChI is InChI=1S/C15H28N2O2/c1-13(2)17(11-7-8-14(18)19)10-6-5-9-15(3,4)12-16/h13H,5-11H2,1-4H3,(H,18,19). The van der Waals surface area contributed by atoms with Crippen molar-refractivity contribution in [2.24, 2.45) is 5.41 Å². The lowest BCUT2D eigenvalue weighted by atomic mass is 9.89. The Hall–Kier alpha value is -1.08. The number of carboxylic acids is 1. The van der Waals surface area contributed by atoms with Crippen LogP contribution in [0.3, 0.4) is 0 Å². The molecule has 0 aromatic rings. The highest BCUT2D eigenvalue weighted by Crippen LogP contribution is 2.21. The molecule has 0 bridgehead atoms. The first-order valence-electron chi connectivity index (χ1n) is 7.15. The Labute approximate surface area is 117 Å². The van der Waals surface area contributed by atoms with Gasteiger partial charge < -0.3 is 10.0 Å². The zero-order chi connectivity index (χ0) is 14.9. The second-order valence-electron chi connectivity index (χ2n) is 6.08. The van der Waals surface area contributed by atoms with Gasteiger partial charge >= 0.3 is 5.97 Å². The number of hydrogen-bond donors (Lipinski definition) is 1. The third-order valence-electron chi connectivity index (χ3n) is 3.37. The van der Waals surface area contributed by atoms with Crippen molar-refractivity contribution in [1.82, 2.24) is 4.90 Å². The number of nitrogens with zero attached hydrogens (tertiary/aromatic N) is 2. The van der Waals surface area contributed by atoms with E-state index in [2.05, 4.69) is 24.8 Å². The first kappa shape index (κ1) is 17.9. The van der Waals surface area contributed by atoms with Gasteiger partial charge in [0.25, 0.3) is 0 Å². The first-order chi connectivity index (χ1) is 8.78. The van der Waals surface area contributed by atoms with Crippen LogP contribution in [0.2, 0.25) is 0 Å². The molecular formula is C15H28N2O2. The molecule has 0 radical (unpaired) electrons. The number of rotatable bonds is 10. The van der Waals surface area contributed by atoms with Crippen LogP contribution >= 0.6 is 0 Å². The van der Waals surface area contributed by atoms with Crippen LogP contribution < -0.4 is 0 Å². The zero-order valence-corrected chi connectivity index (χ0v) is 12.8. The normalized spacial score (nSPS) is 11.8. The van der Waals surface area contributed by atoms with Gasteiger partial charge in [-0.2, -0.15) is 5.26 Å². The van der Waals surface area contributed by atoms with Gasteiger partial charge in [-0.15, -0.1) is 0 Å². The summed E-state index contributed by atoms with van der Waals surface area (Å²) in [5.41, 5.74) is -0.230. The van der Waals surface area contributed by atoms with E-state index in [4.69, 9.17) is 10.4 Å². The average molecular weight is 268 g/mol. The van der Waals surface area contributed by atoms with E-state index in [1.165, 1.54) is 0 Å². The van der Waals surface area contributed by atoms with Gasteiger partial charge in [-0.3, -0.25) is 4.79 Å². The maximum Gasteiger partial charge on any atom is 0.303 e. The van der Waals surface area contributed by atoms with E-state index in [-0.39, 0.29) is 11.8 Å². The fraction of sp³-hybridized carbons (Fsp3) is 0.867. The number of nitriles is 1. The lowest BCUT2D eigenvalue weighted by molar-refractivity contribution is -0.137. The van der Waals surface area contributed by atoms with Crippen molar-refractivity contribution in [1.29, 1.82) is 5.26 Å². The van der Waals surface area contributed by atoms with Crippen LogP contribution in [0.4, 0.5) is 0 Å². The largest absolute Gasteiger partial charge is 0.481 e. The predicted molar refractivity (Wildman–Crippen MR) is 76.8 cm³/mol. The van der Waals surface area contributed by atoms with Gasteiger partial charge in [-0.25, -0.2) is 0 Å². The van der Waals surface area contributed by atoms with Crippen molar-refractivity contribution < 1.29 is 9.90 Å². The van der Waals surface area contributed by atoms with Crippen LogP contribution in [0.1, 0.15) is 59.8 Å². The van der Waals surface area contributed by atoms with Crippen molar-refractivity contribution in [3.63, 3.8) is 0 Å². The maximum atomic E-state index is 10.5. The van der Waals surface area contributed by atoms with Crippen LogP contribution in [0.5, 0.6) is 0 Å². The van der Waals surface area contributed by atoms with E-state index < -0.39 is 5.97 Å². The Balaban J connectivity index is 3.90. The van der Waals surface area contributed by atoms with Crippen molar-refractivity contribution in [2.45, 2.75) is 65.8 Å². The highest BCUT2D eigenvalue weighted by Gasteiger charge is 2.16. The third kappa shape index (κ3) is 9.49. The van der Waals surface area contributed by atoms with Crippen LogP contribution in [0, 0.1) is 16.7 Å². The summed E-state index contributed by atoms with van der Waals surface area (Å²) in [6.45, 7) is 10.0. The molecule has 0 heterocycles. The Kier molecular flexibility index (Phi) is 8.42. The third-order valence-corrected chi connectivity index (χ3v) is 3.37. The molecule has 0 fully saturated rings. The van der Waals surface area contributed by atoms with Gasteiger partial charge in [0, 0.05) is 12.5 Å². The lowest BCUT2D eigenvalue weighted by Gasteiger charge is -2.26. The van der Waals surface area contributed by atoms with Crippen LogP contribution in [-0.2, 0) is 4.79 Å². The van der Waals surface area contributed by atoms with Gasteiger partial charge in [0.1, 0.15) is 0 Å². The summed E-state index contributed by atoms with van der Waals surface area (Å²) in [7, 11) is 0. The molecule has 4 heteroatoms. The van der Waals surface area contributed by atoms with Crippen LogP contribution in [0.15, 0.2) is 0 Å². The lowest BCUT2D eigenvalue weighted by Crippen LogP contribution is -2.33. The second-order valence-corrected chi connectivity index (χ2v) is 6.08. The molecule has 0 aliphatic rings. The predicted octanol–water partition coefficient (Wildman–Crippen LogP) is 3.28. The van der Waals surface area contributed by atoms with Crippen LogP contribution in [0.25, 0.3) is 0 Å². The minimum absolute atomic E-state index is 0.230. The summed E-state index contributed by atoms with van der Waals surface area (Å²) >= 11 is 0. The fourth-order valence-corrected chi connectivity index (χ4v) is 2.00. The molecule has 1 N–H and O–H groups in total. The Morgan fingerprint density at radius 2 is 1.84 bits per heavy atom. The molecule has 4 nitrogen and oxygen atoms in total. The smallest absolute Gasteiger partial charge is 0.303 e. The summed E-state index contributed by atoms with van der Waals surface area (Å²) < 4.78 is 0. The number of carboxylic acid groups (broad SMARTS) is 1. The van der Waals surface area contributed by atoms with E-state index in [0.29, 0.717) is 12.5 Å². The summed E-state index contributed by atoms with van der Waals surface area (Å²) in [6, 6.07) is 2.76. The number of hydrogen-bond acceptors (Lipinski definition) is 3. The SMILES string of the molecule is CC(C)N(CCCCC(C)(C)C#N)CCCC(=O)O. The summed E-state index contributed by atoms with van der Waals surface area (Å²) in [5.74, 6) is -0.723. The van der Waals surface area contributed by atoms with E-state index in [0.717, 1.165) is 32.4 Å². The van der Waals surface area contributed by atoms with Crippen molar-refractivity contribution in [2.75, 3.05) is 13.1 Å². The van der Waals surface area contributed by atoms with Crippen molar-refractivity contribution in [3.05, 3.63) is 0 Å². The molecule has 0 saturated heterocycles. The summed E-state index contributed by atoms with van der Waals surface area (Å²) in [6.07, 6.45) is 3.98. The number of carbonyl (C=O) groups is 1. The Bertz CT molecular complexity index is 306. The minimum atomic E-state index is -0.723. The molecule has 0 aromatic carbocycles. The van der Waals surface area contributed by atoms with Gasteiger partial charge in [0.2, 0.25) is 0 Å². The monoisotopic (exact) mass is 268 g/mol. The average Bonchev–Trinajstić information content (AvgIpc) is 2.31. The zero-order valence-electron chi connectivity index (χ0n) is 12.8. The molecule has 0 aromatic heterocycles. The molecule has 0 atom stereocenters.